The van der Waals surface area contributed by atoms with Gasteiger partial charge in [-0.05, 0) is 55.3 Å². The Balaban J connectivity index is 2.11. The summed E-state index contributed by atoms with van der Waals surface area (Å²) in [5.41, 5.74) is 1.60. The Bertz CT molecular complexity index is 1400. The predicted molar refractivity (Wildman–Crippen MR) is 152 cm³/mol. The summed E-state index contributed by atoms with van der Waals surface area (Å²) < 4.78 is 28.6. The highest BCUT2D eigenvalue weighted by molar-refractivity contribution is 7.92. The van der Waals surface area contributed by atoms with Gasteiger partial charge in [0.15, 0.2) is 0 Å². The maximum absolute atomic E-state index is 13.9. The number of carbonyl (C=O) groups is 2. The van der Waals surface area contributed by atoms with E-state index in [1.165, 1.54) is 42.3 Å². The number of benzene rings is 3. The Morgan fingerprint density at radius 1 is 0.947 bits per heavy atom. The van der Waals surface area contributed by atoms with Gasteiger partial charge in [-0.1, -0.05) is 77.6 Å². The summed E-state index contributed by atoms with van der Waals surface area (Å²) in [7, 11) is -2.75. The van der Waals surface area contributed by atoms with Gasteiger partial charge in [-0.25, -0.2) is 8.42 Å². The van der Waals surface area contributed by atoms with Crippen LogP contribution < -0.4 is 9.62 Å². The minimum atomic E-state index is -4.23. The monoisotopic (exact) mass is 595 g/mol. The molecule has 0 aliphatic carbocycles. The molecule has 0 bridgehead atoms. The van der Waals surface area contributed by atoms with Gasteiger partial charge in [-0.3, -0.25) is 13.9 Å². The zero-order valence-electron chi connectivity index (χ0n) is 21.1. The lowest BCUT2D eigenvalue weighted by Gasteiger charge is -2.33. The summed E-state index contributed by atoms with van der Waals surface area (Å²) in [4.78, 5) is 28.0. The number of nitrogens with zero attached hydrogens (tertiary/aromatic N) is 2. The molecule has 0 fully saturated rings. The predicted octanol–water partition coefficient (Wildman–Crippen LogP) is 5.70. The summed E-state index contributed by atoms with van der Waals surface area (Å²) in [6.45, 7) is 3.00. The molecule has 3 aromatic carbocycles. The summed E-state index contributed by atoms with van der Waals surface area (Å²) >= 11 is 18.8. The van der Waals surface area contributed by atoms with Gasteiger partial charge in [-0.15, -0.1) is 0 Å². The van der Waals surface area contributed by atoms with Crippen LogP contribution in [0.1, 0.15) is 24.5 Å². The number of sulfonamides is 1. The van der Waals surface area contributed by atoms with Gasteiger partial charge in [0.05, 0.1) is 10.6 Å². The normalized spacial score (nSPS) is 12.1. The summed E-state index contributed by atoms with van der Waals surface area (Å²) in [6, 6.07) is 16.7. The van der Waals surface area contributed by atoms with Gasteiger partial charge >= 0.3 is 0 Å². The Labute approximate surface area is 238 Å². The van der Waals surface area contributed by atoms with Gasteiger partial charge in [0.1, 0.15) is 12.6 Å². The highest BCUT2D eigenvalue weighted by Gasteiger charge is 2.33. The lowest BCUT2D eigenvalue weighted by atomic mass is 10.1. The van der Waals surface area contributed by atoms with Crippen LogP contribution in [0.4, 0.5) is 5.69 Å². The molecular formula is C27H28Cl3N3O4S. The smallest absolute Gasteiger partial charge is 0.264 e. The first-order chi connectivity index (χ1) is 18.0. The lowest BCUT2D eigenvalue weighted by Crippen LogP contribution is -2.51. The number of hydrogen-bond donors (Lipinski definition) is 1. The molecule has 1 N–H and O–H groups in total. The van der Waals surface area contributed by atoms with E-state index in [4.69, 9.17) is 34.8 Å². The first kappa shape index (κ1) is 29.8. The summed E-state index contributed by atoms with van der Waals surface area (Å²) in [6.07, 6.45) is 0.295. The van der Waals surface area contributed by atoms with Crippen LogP contribution in [0, 0.1) is 6.92 Å². The molecule has 3 aromatic rings. The van der Waals surface area contributed by atoms with Crippen LogP contribution in [0.5, 0.6) is 0 Å². The fourth-order valence-electron chi connectivity index (χ4n) is 3.95. The molecule has 7 nitrogen and oxygen atoms in total. The minimum absolute atomic E-state index is 0.000839. The molecule has 0 radical (unpaired) electrons. The zero-order valence-corrected chi connectivity index (χ0v) is 24.2. The van der Waals surface area contributed by atoms with Crippen LogP contribution in [0.2, 0.25) is 15.1 Å². The van der Waals surface area contributed by atoms with E-state index in [-0.39, 0.29) is 33.1 Å². The van der Waals surface area contributed by atoms with Crippen molar-refractivity contribution in [1.82, 2.24) is 10.2 Å². The minimum Gasteiger partial charge on any atom is -0.357 e. The second-order valence-electron chi connectivity index (χ2n) is 8.60. The SMILES string of the molecule is CC[C@@H](C(=O)NC)N(Cc1ccccc1Cl)C(=O)CN(c1cc(Cl)cc(Cl)c1)S(=O)(=O)c1ccc(C)cc1. The summed E-state index contributed by atoms with van der Waals surface area (Å²) in [5, 5.41) is 3.40. The van der Waals surface area contributed by atoms with Crippen LogP contribution in [0.15, 0.2) is 71.6 Å². The van der Waals surface area contributed by atoms with E-state index in [1.807, 2.05) is 6.92 Å². The maximum Gasteiger partial charge on any atom is 0.264 e. The van der Waals surface area contributed by atoms with Crippen LogP contribution >= 0.6 is 34.8 Å². The van der Waals surface area contributed by atoms with E-state index in [1.54, 1.807) is 43.3 Å². The zero-order chi connectivity index (χ0) is 28.0. The third-order valence-electron chi connectivity index (χ3n) is 5.95. The van der Waals surface area contributed by atoms with Crippen LogP contribution in [-0.4, -0.2) is 44.8 Å². The van der Waals surface area contributed by atoms with E-state index < -0.39 is 28.5 Å². The van der Waals surface area contributed by atoms with Crippen molar-refractivity contribution in [3.05, 3.63) is 92.9 Å². The quantitative estimate of drug-likeness (QED) is 0.325. The fourth-order valence-corrected chi connectivity index (χ4v) is 6.05. The Morgan fingerprint density at radius 2 is 1.55 bits per heavy atom. The fraction of sp³-hybridized carbons (Fsp3) is 0.259. The van der Waals surface area contributed by atoms with Crippen molar-refractivity contribution in [3.63, 3.8) is 0 Å². The van der Waals surface area contributed by atoms with Crippen molar-refractivity contribution in [2.24, 2.45) is 0 Å². The third-order valence-corrected chi connectivity index (χ3v) is 8.55. The lowest BCUT2D eigenvalue weighted by molar-refractivity contribution is -0.140. The van der Waals surface area contributed by atoms with Gasteiger partial charge in [0.2, 0.25) is 11.8 Å². The highest BCUT2D eigenvalue weighted by Crippen LogP contribution is 2.30. The number of rotatable bonds is 10. The molecule has 0 unspecified atom stereocenters. The molecule has 0 saturated carbocycles. The molecule has 38 heavy (non-hydrogen) atoms. The Morgan fingerprint density at radius 3 is 2.11 bits per heavy atom. The van der Waals surface area contributed by atoms with Crippen molar-refractivity contribution >= 4 is 62.3 Å². The molecule has 11 heteroatoms. The van der Waals surface area contributed by atoms with E-state index in [2.05, 4.69) is 5.32 Å². The van der Waals surface area contributed by atoms with Crippen molar-refractivity contribution < 1.29 is 18.0 Å². The number of likely N-dealkylation sites (N-methyl/N-ethyl adjacent to an activating group) is 1. The number of aryl methyl sites for hydroxylation is 1. The van der Waals surface area contributed by atoms with Crippen LogP contribution in [-0.2, 0) is 26.2 Å². The molecule has 0 saturated heterocycles. The van der Waals surface area contributed by atoms with E-state index in [9.17, 15) is 18.0 Å². The van der Waals surface area contributed by atoms with E-state index >= 15 is 0 Å². The van der Waals surface area contributed by atoms with Gasteiger partial charge in [0, 0.05) is 28.7 Å². The molecular weight excluding hydrogens is 569 g/mol. The average molecular weight is 597 g/mol. The van der Waals surface area contributed by atoms with Crippen molar-refractivity contribution in [2.45, 2.75) is 37.8 Å². The Kier molecular flexibility index (Phi) is 10.1. The summed E-state index contributed by atoms with van der Waals surface area (Å²) in [5.74, 6) is -0.987. The largest absolute Gasteiger partial charge is 0.357 e. The van der Waals surface area contributed by atoms with E-state index in [0.29, 0.717) is 17.0 Å². The second kappa shape index (κ2) is 12.8. The average Bonchev–Trinajstić information content (AvgIpc) is 2.87. The van der Waals surface area contributed by atoms with Gasteiger partial charge in [-0.2, -0.15) is 0 Å². The molecule has 202 valence electrons. The molecule has 0 aromatic heterocycles. The molecule has 2 amide bonds. The number of hydrogen-bond acceptors (Lipinski definition) is 4. The Hall–Kier alpha value is -2.78. The molecule has 0 aliphatic rings. The third kappa shape index (κ3) is 6.99. The van der Waals surface area contributed by atoms with Crippen molar-refractivity contribution in [2.75, 3.05) is 17.9 Å². The van der Waals surface area contributed by atoms with Gasteiger partial charge in [0.25, 0.3) is 10.0 Å². The van der Waals surface area contributed by atoms with Crippen molar-refractivity contribution in [3.8, 4) is 0 Å². The number of anilines is 1. The maximum atomic E-state index is 13.9. The number of halogens is 3. The van der Waals surface area contributed by atoms with Crippen LogP contribution in [0.3, 0.4) is 0 Å². The highest BCUT2D eigenvalue weighted by atomic mass is 35.5. The van der Waals surface area contributed by atoms with E-state index in [0.717, 1.165) is 9.87 Å². The standard InChI is InChI=1S/C27H28Cl3N3O4S/c1-4-25(27(35)31-3)32(16-19-7-5-6-8-24(19)30)26(34)17-33(22-14-20(28)13-21(29)15-22)38(36,37)23-11-9-18(2)10-12-23/h5-15,25H,4,16-17H2,1-3H3,(H,31,35)/t25-/m0/s1. The van der Waals surface area contributed by atoms with Crippen LogP contribution in [0.25, 0.3) is 0 Å². The van der Waals surface area contributed by atoms with Crippen molar-refractivity contribution in [1.29, 1.82) is 0 Å². The number of nitrogens with one attached hydrogen (secondary N) is 1. The topological polar surface area (TPSA) is 86.8 Å². The molecule has 1 atom stereocenters. The first-order valence-electron chi connectivity index (χ1n) is 11.8. The number of amides is 2. The second-order valence-corrected chi connectivity index (χ2v) is 11.7. The number of carbonyl (C=O) groups excluding carboxylic acids is 2. The molecule has 0 heterocycles. The molecule has 0 aliphatic heterocycles. The first-order valence-corrected chi connectivity index (χ1v) is 14.3. The molecule has 0 spiro atoms. The van der Waals surface area contributed by atoms with Gasteiger partial charge < -0.3 is 10.2 Å². The molecule has 3 rings (SSSR count).